The van der Waals surface area contributed by atoms with Crippen molar-refractivity contribution in [2.45, 2.75) is 39.6 Å². The Bertz CT molecular complexity index is 1580. The average molecular weight is 565 g/mol. The fourth-order valence-electron chi connectivity index (χ4n) is 5.00. The van der Waals surface area contributed by atoms with Crippen LogP contribution in [0.5, 0.6) is 5.75 Å². The molecule has 41 heavy (non-hydrogen) atoms. The molecular weight excluding hydrogens is 532 g/mol. The highest BCUT2D eigenvalue weighted by Gasteiger charge is 2.31. The van der Waals surface area contributed by atoms with Crippen LogP contribution in [0.3, 0.4) is 0 Å². The number of thioether (sulfide) groups is 1. The molecule has 1 fully saturated rings. The third kappa shape index (κ3) is 6.29. The van der Waals surface area contributed by atoms with Crippen molar-refractivity contribution in [3.63, 3.8) is 0 Å². The SMILES string of the molecule is Cc1ccc(COc2ccc(-c3nn(-c4ccccc4)cc3/C=C3\SC(N4CC(C)OC(C)C4)=NC3=O)cc2)cc1. The predicted octanol–water partition coefficient (Wildman–Crippen LogP) is 6.51. The van der Waals surface area contributed by atoms with Crippen molar-refractivity contribution in [2.24, 2.45) is 4.99 Å². The van der Waals surface area contributed by atoms with Crippen molar-refractivity contribution in [3.8, 4) is 22.7 Å². The van der Waals surface area contributed by atoms with Gasteiger partial charge in [-0.05, 0) is 80.6 Å². The molecule has 4 aromatic rings. The number of hydrogen-bond donors (Lipinski definition) is 0. The number of rotatable bonds is 6. The largest absolute Gasteiger partial charge is 0.489 e. The summed E-state index contributed by atoms with van der Waals surface area (Å²) in [7, 11) is 0. The summed E-state index contributed by atoms with van der Waals surface area (Å²) in [6.45, 7) is 8.10. The van der Waals surface area contributed by atoms with Crippen molar-refractivity contribution in [1.82, 2.24) is 14.7 Å². The Balaban J connectivity index is 1.26. The molecule has 208 valence electrons. The van der Waals surface area contributed by atoms with Gasteiger partial charge in [-0.2, -0.15) is 10.1 Å². The number of carbonyl (C=O) groups is 1. The molecule has 2 aliphatic rings. The van der Waals surface area contributed by atoms with Gasteiger partial charge in [0.05, 0.1) is 28.5 Å². The van der Waals surface area contributed by atoms with Gasteiger partial charge in [0.1, 0.15) is 12.4 Å². The van der Waals surface area contributed by atoms with Crippen LogP contribution < -0.4 is 4.74 Å². The van der Waals surface area contributed by atoms with Crippen molar-refractivity contribution in [2.75, 3.05) is 13.1 Å². The van der Waals surface area contributed by atoms with Crippen LogP contribution in [0.1, 0.15) is 30.5 Å². The van der Waals surface area contributed by atoms with Gasteiger partial charge in [0.15, 0.2) is 5.17 Å². The molecule has 1 amide bonds. The first-order chi connectivity index (χ1) is 19.9. The van der Waals surface area contributed by atoms with E-state index in [1.807, 2.05) is 85.4 Å². The fourth-order valence-corrected chi connectivity index (χ4v) is 5.92. The lowest BCUT2D eigenvalue weighted by molar-refractivity contribution is -0.113. The summed E-state index contributed by atoms with van der Waals surface area (Å²) in [6, 6.07) is 26.2. The molecule has 6 rings (SSSR count). The molecule has 0 bridgehead atoms. The lowest BCUT2D eigenvalue weighted by Gasteiger charge is -2.35. The third-order valence-corrected chi connectivity index (χ3v) is 8.05. The summed E-state index contributed by atoms with van der Waals surface area (Å²) in [5.74, 6) is 0.556. The first-order valence-corrected chi connectivity index (χ1v) is 14.6. The molecule has 2 unspecified atom stereocenters. The number of hydrogen-bond acceptors (Lipinski definition) is 6. The van der Waals surface area contributed by atoms with Crippen LogP contribution >= 0.6 is 11.8 Å². The standard InChI is InChI=1S/C33H32N4O3S/c1-22-9-11-25(12-10-22)21-39-29-15-13-26(14-16-29)31-27(20-37(35-31)28-7-5-4-6-8-28)17-30-32(38)34-33(41-30)36-18-23(2)40-24(3)19-36/h4-17,20,23-24H,18-19,21H2,1-3H3/b30-17-. The van der Waals surface area contributed by atoms with E-state index in [9.17, 15) is 4.79 Å². The number of para-hydroxylation sites is 1. The normalized spacial score (nSPS) is 20.0. The number of aliphatic imine (C=N–C) groups is 1. The monoisotopic (exact) mass is 564 g/mol. The summed E-state index contributed by atoms with van der Waals surface area (Å²) < 4.78 is 13.7. The number of morpholine rings is 1. The van der Waals surface area contributed by atoms with E-state index in [1.54, 1.807) is 0 Å². The Morgan fingerprint density at radius 2 is 1.68 bits per heavy atom. The van der Waals surface area contributed by atoms with Crippen LogP contribution in [0.4, 0.5) is 0 Å². The van der Waals surface area contributed by atoms with Crippen LogP contribution in [-0.4, -0.2) is 51.1 Å². The second-order valence-electron chi connectivity index (χ2n) is 10.5. The topological polar surface area (TPSA) is 68.9 Å². The number of carbonyl (C=O) groups excluding carboxylic acids is 1. The first kappa shape index (κ1) is 27.1. The minimum Gasteiger partial charge on any atom is -0.489 e. The van der Waals surface area contributed by atoms with Crippen LogP contribution in [0, 0.1) is 6.92 Å². The van der Waals surface area contributed by atoms with Crippen molar-refractivity contribution in [3.05, 3.63) is 107 Å². The summed E-state index contributed by atoms with van der Waals surface area (Å²) in [6.07, 6.45) is 4.04. The highest BCUT2D eigenvalue weighted by molar-refractivity contribution is 8.18. The smallest absolute Gasteiger partial charge is 0.286 e. The molecule has 8 heteroatoms. The first-order valence-electron chi connectivity index (χ1n) is 13.8. The summed E-state index contributed by atoms with van der Waals surface area (Å²) >= 11 is 1.42. The number of aryl methyl sites for hydroxylation is 1. The third-order valence-electron chi connectivity index (χ3n) is 7.00. The molecule has 0 N–H and O–H groups in total. The number of ether oxygens (including phenoxy) is 2. The van der Waals surface area contributed by atoms with Gasteiger partial charge in [-0.1, -0.05) is 48.0 Å². The molecule has 0 saturated carbocycles. The van der Waals surface area contributed by atoms with Gasteiger partial charge in [0.25, 0.3) is 5.91 Å². The minimum atomic E-state index is -0.227. The molecule has 3 aromatic carbocycles. The van der Waals surface area contributed by atoms with Crippen molar-refractivity contribution in [1.29, 1.82) is 0 Å². The molecule has 2 aliphatic heterocycles. The lowest BCUT2D eigenvalue weighted by atomic mass is 10.1. The van der Waals surface area contributed by atoms with E-state index in [1.165, 1.54) is 17.3 Å². The Kier molecular flexibility index (Phi) is 7.76. The predicted molar refractivity (Wildman–Crippen MR) is 164 cm³/mol. The quantitative estimate of drug-likeness (QED) is 0.249. The van der Waals surface area contributed by atoms with Gasteiger partial charge in [0, 0.05) is 30.4 Å². The van der Waals surface area contributed by atoms with Gasteiger partial charge >= 0.3 is 0 Å². The van der Waals surface area contributed by atoms with Crippen LogP contribution in [-0.2, 0) is 16.1 Å². The van der Waals surface area contributed by atoms with Crippen LogP contribution in [0.25, 0.3) is 23.0 Å². The molecule has 0 radical (unpaired) electrons. The maximum Gasteiger partial charge on any atom is 0.286 e. The van der Waals surface area contributed by atoms with E-state index in [-0.39, 0.29) is 18.1 Å². The van der Waals surface area contributed by atoms with Crippen molar-refractivity contribution < 1.29 is 14.3 Å². The Labute approximate surface area is 244 Å². The Morgan fingerprint density at radius 3 is 2.39 bits per heavy atom. The molecule has 3 heterocycles. The maximum atomic E-state index is 13.0. The molecule has 2 atom stereocenters. The number of amidine groups is 1. The number of benzene rings is 3. The molecular formula is C33H32N4O3S. The van der Waals surface area contributed by atoms with E-state index in [4.69, 9.17) is 14.6 Å². The zero-order valence-corrected chi connectivity index (χ0v) is 24.2. The lowest BCUT2D eigenvalue weighted by Crippen LogP contribution is -2.47. The zero-order valence-electron chi connectivity index (χ0n) is 23.4. The van der Waals surface area contributed by atoms with Crippen LogP contribution in [0.15, 0.2) is 95.0 Å². The van der Waals surface area contributed by atoms with E-state index >= 15 is 0 Å². The number of amides is 1. The Hall–Kier alpha value is -4.14. The van der Waals surface area contributed by atoms with Gasteiger partial charge in [-0.25, -0.2) is 4.68 Å². The van der Waals surface area contributed by atoms with E-state index < -0.39 is 0 Å². The van der Waals surface area contributed by atoms with Gasteiger partial charge in [-0.3, -0.25) is 4.79 Å². The second-order valence-corrected chi connectivity index (χ2v) is 11.5. The van der Waals surface area contributed by atoms with Gasteiger partial charge in [0.2, 0.25) is 0 Å². The van der Waals surface area contributed by atoms with E-state index in [0.29, 0.717) is 24.6 Å². The van der Waals surface area contributed by atoms with Crippen LogP contribution in [0.2, 0.25) is 0 Å². The highest BCUT2D eigenvalue weighted by Crippen LogP contribution is 2.34. The zero-order chi connectivity index (χ0) is 28.3. The molecule has 1 saturated heterocycles. The van der Waals surface area contributed by atoms with Crippen molar-refractivity contribution >= 4 is 28.9 Å². The van der Waals surface area contributed by atoms with Gasteiger partial charge in [-0.15, -0.1) is 0 Å². The fraction of sp³-hybridized carbons (Fsp3) is 0.242. The second kappa shape index (κ2) is 11.8. The molecule has 0 spiro atoms. The minimum absolute atomic E-state index is 0.0877. The maximum absolute atomic E-state index is 13.0. The summed E-state index contributed by atoms with van der Waals surface area (Å²) in [5.41, 5.74) is 5.85. The Morgan fingerprint density at radius 1 is 0.976 bits per heavy atom. The highest BCUT2D eigenvalue weighted by atomic mass is 32.2. The molecule has 0 aliphatic carbocycles. The van der Waals surface area contributed by atoms with E-state index in [2.05, 4.69) is 41.1 Å². The van der Waals surface area contributed by atoms with Gasteiger partial charge < -0.3 is 14.4 Å². The van der Waals surface area contributed by atoms with E-state index in [0.717, 1.165) is 39.0 Å². The molecule has 1 aromatic heterocycles. The summed E-state index contributed by atoms with van der Waals surface area (Å²) in [4.78, 5) is 20.1. The summed E-state index contributed by atoms with van der Waals surface area (Å²) in [5, 5.41) is 5.66. The average Bonchev–Trinajstić information content (AvgIpc) is 3.57. The molecule has 7 nitrogen and oxygen atoms in total. The number of nitrogens with zero attached hydrogens (tertiary/aromatic N) is 4. The number of aromatic nitrogens is 2.